The third-order valence-electron chi connectivity index (χ3n) is 7.00. The van der Waals surface area contributed by atoms with E-state index in [0.717, 1.165) is 24.7 Å². The molecule has 0 radical (unpaired) electrons. The first-order valence-electron chi connectivity index (χ1n) is 10.9. The minimum absolute atomic E-state index is 0.230. The van der Waals surface area contributed by atoms with Crippen LogP contribution in [0.4, 0.5) is 0 Å². The molecule has 0 spiro atoms. The van der Waals surface area contributed by atoms with Gasteiger partial charge >= 0.3 is 0 Å². The average Bonchev–Trinajstić information content (AvgIpc) is 2.73. The van der Waals surface area contributed by atoms with E-state index in [9.17, 15) is 5.11 Å². The van der Waals surface area contributed by atoms with Gasteiger partial charge in [0.05, 0.1) is 5.73 Å². The molecule has 2 heteroatoms. The van der Waals surface area contributed by atoms with Crippen LogP contribution >= 0.6 is 0 Å². The standard InChI is InChI=1S/C25H36OSi/c1-21-13-9-10-14-22(21)15-11-12-20-25(26)27(2,23-16-5-3-6-17-23)24-18-7-4-8-19-24/h3-8,16-19,21-22,25-26H,9-15,20H2,1-2H3. The van der Waals surface area contributed by atoms with Crippen molar-refractivity contribution in [2.75, 3.05) is 0 Å². The first-order chi connectivity index (χ1) is 13.1. The van der Waals surface area contributed by atoms with Crippen molar-refractivity contribution in [1.29, 1.82) is 0 Å². The quantitative estimate of drug-likeness (QED) is 0.495. The minimum Gasteiger partial charge on any atom is -0.396 e. The maximum Gasteiger partial charge on any atom is 0.145 e. The molecule has 3 atom stereocenters. The zero-order chi connectivity index (χ0) is 19.1. The average molecular weight is 381 g/mol. The van der Waals surface area contributed by atoms with Crippen molar-refractivity contribution in [1.82, 2.24) is 0 Å². The summed E-state index contributed by atoms with van der Waals surface area (Å²) in [6.45, 7) is 4.78. The lowest BCUT2D eigenvalue weighted by Crippen LogP contribution is -2.64. The van der Waals surface area contributed by atoms with E-state index < -0.39 is 8.07 Å². The third kappa shape index (κ3) is 4.91. The van der Waals surface area contributed by atoms with Crippen LogP contribution in [0, 0.1) is 11.8 Å². The highest BCUT2D eigenvalue weighted by Gasteiger charge is 2.39. The Morgan fingerprint density at radius 1 is 0.889 bits per heavy atom. The van der Waals surface area contributed by atoms with Crippen molar-refractivity contribution >= 4 is 18.4 Å². The van der Waals surface area contributed by atoms with Crippen LogP contribution in [0.1, 0.15) is 58.3 Å². The summed E-state index contributed by atoms with van der Waals surface area (Å²) in [4.78, 5) is 0. The molecule has 3 unspecified atom stereocenters. The number of unbranched alkanes of at least 4 members (excludes halogenated alkanes) is 1. The van der Waals surface area contributed by atoms with Crippen molar-refractivity contribution in [2.45, 2.75) is 70.6 Å². The Morgan fingerprint density at radius 2 is 1.44 bits per heavy atom. The molecule has 1 fully saturated rings. The van der Waals surface area contributed by atoms with Gasteiger partial charge < -0.3 is 5.11 Å². The summed E-state index contributed by atoms with van der Waals surface area (Å²) in [7, 11) is -2.15. The molecule has 0 saturated heterocycles. The van der Waals surface area contributed by atoms with Crippen LogP contribution < -0.4 is 10.4 Å². The van der Waals surface area contributed by atoms with Crippen LogP contribution in [0.25, 0.3) is 0 Å². The molecule has 27 heavy (non-hydrogen) atoms. The summed E-state index contributed by atoms with van der Waals surface area (Å²) in [5.74, 6) is 1.82. The van der Waals surface area contributed by atoms with Gasteiger partial charge in [0.2, 0.25) is 0 Å². The smallest absolute Gasteiger partial charge is 0.145 e. The van der Waals surface area contributed by atoms with Gasteiger partial charge in [0.15, 0.2) is 0 Å². The molecule has 0 aliphatic heterocycles. The molecule has 0 heterocycles. The van der Waals surface area contributed by atoms with Gasteiger partial charge in [0.25, 0.3) is 0 Å². The lowest BCUT2D eigenvalue weighted by atomic mass is 9.78. The Morgan fingerprint density at radius 3 is 2.00 bits per heavy atom. The van der Waals surface area contributed by atoms with E-state index >= 15 is 0 Å². The van der Waals surface area contributed by atoms with Crippen molar-refractivity contribution in [3.05, 3.63) is 60.7 Å². The van der Waals surface area contributed by atoms with Gasteiger partial charge in [-0.15, -0.1) is 0 Å². The Balaban J connectivity index is 1.64. The molecule has 2 aromatic rings. The van der Waals surface area contributed by atoms with E-state index in [1.54, 1.807) is 0 Å². The molecule has 1 aliphatic carbocycles. The molecular formula is C25H36OSi. The highest BCUT2D eigenvalue weighted by atomic mass is 28.3. The van der Waals surface area contributed by atoms with Crippen molar-refractivity contribution in [2.24, 2.45) is 11.8 Å². The second-order valence-electron chi connectivity index (χ2n) is 8.76. The Bertz CT molecular complexity index is 630. The van der Waals surface area contributed by atoms with Gasteiger partial charge in [0, 0.05) is 0 Å². The maximum absolute atomic E-state index is 11.3. The lowest BCUT2D eigenvalue weighted by molar-refractivity contribution is 0.215. The largest absolute Gasteiger partial charge is 0.396 e. The maximum atomic E-state index is 11.3. The second kappa shape index (κ2) is 9.70. The third-order valence-corrected chi connectivity index (χ3v) is 11.7. The predicted octanol–water partition coefficient (Wildman–Crippen LogP) is 5.17. The van der Waals surface area contributed by atoms with Gasteiger partial charge in [0.1, 0.15) is 8.07 Å². The molecule has 1 saturated carbocycles. The van der Waals surface area contributed by atoms with Crippen LogP contribution in [0.15, 0.2) is 60.7 Å². The van der Waals surface area contributed by atoms with Gasteiger partial charge in [-0.3, -0.25) is 0 Å². The molecule has 1 aliphatic rings. The van der Waals surface area contributed by atoms with E-state index in [0.29, 0.717) is 0 Å². The number of rotatable bonds is 8. The normalized spacial score (nSPS) is 21.7. The fourth-order valence-electron chi connectivity index (χ4n) is 4.97. The summed E-state index contributed by atoms with van der Waals surface area (Å²) in [5.41, 5.74) is -0.230. The van der Waals surface area contributed by atoms with Crippen molar-refractivity contribution in [3.63, 3.8) is 0 Å². The number of hydrogen-bond donors (Lipinski definition) is 1. The molecule has 146 valence electrons. The molecule has 1 nitrogen and oxygen atoms in total. The molecule has 0 bridgehead atoms. The zero-order valence-corrected chi connectivity index (χ0v) is 18.1. The summed E-state index contributed by atoms with van der Waals surface area (Å²) < 4.78 is 0. The Kier molecular flexibility index (Phi) is 7.31. The van der Waals surface area contributed by atoms with E-state index in [4.69, 9.17) is 0 Å². The Hall–Kier alpha value is -1.38. The summed E-state index contributed by atoms with van der Waals surface area (Å²) in [5, 5.41) is 14.0. The van der Waals surface area contributed by atoms with Crippen LogP contribution in [0.2, 0.25) is 6.55 Å². The minimum atomic E-state index is -2.15. The lowest BCUT2D eigenvalue weighted by Gasteiger charge is -2.34. The van der Waals surface area contributed by atoms with E-state index in [1.807, 2.05) is 0 Å². The molecule has 3 rings (SSSR count). The molecular weight excluding hydrogens is 344 g/mol. The number of benzene rings is 2. The summed E-state index contributed by atoms with van der Waals surface area (Å²) >= 11 is 0. The number of aliphatic hydroxyl groups is 1. The summed E-state index contributed by atoms with van der Waals surface area (Å²) in [6.07, 6.45) is 10.4. The first-order valence-corrected chi connectivity index (χ1v) is 13.5. The molecule has 0 aromatic heterocycles. The highest BCUT2D eigenvalue weighted by molar-refractivity contribution is 7.02. The predicted molar refractivity (Wildman–Crippen MR) is 119 cm³/mol. The first kappa shape index (κ1) is 20.4. The Labute approximate surface area is 166 Å². The number of hydrogen-bond acceptors (Lipinski definition) is 1. The topological polar surface area (TPSA) is 20.2 Å². The van der Waals surface area contributed by atoms with Crippen LogP contribution in [-0.2, 0) is 0 Å². The van der Waals surface area contributed by atoms with E-state index in [2.05, 4.69) is 74.1 Å². The monoisotopic (exact) mass is 380 g/mol. The van der Waals surface area contributed by atoms with E-state index in [-0.39, 0.29) is 5.73 Å². The van der Waals surface area contributed by atoms with Crippen LogP contribution in [-0.4, -0.2) is 18.9 Å². The van der Waals surface area contributed by atoms with Gasteiger partial charge in [-0.05, 0) is 18.3 Å². The van der Waals surface area contributed by atoms with Crippen molar-refractivity contribution in [3.8, 4) is 0 Å². The van der Waals surface area contributed by atoms with Crippen LogP contribution in [0.3, 0.4) is 0 Å². The molecule has 2 aromatic carbocycles. The zero-order valence-electron chi connectivity index (χ0n) is 17.1. The second-order valence-corrected chi connectivity index (χ2v) is 13.0. The van der Waals surface area contributed by atoms with Gasteiger partial charge in [-0.2, -0.15) is 0 Å². The van der Waals surface area contributed by atoms with E-state index in [1.165, 1.54) is 48.9 Å². The summed E-state index contributed by atoms with van der Waals surface area (Å²) in [6, 6.07) is 21.4. The highest BCUT2D eigenvalue weighted by Crippen LogP contribution is 2.33. The SMILES string of the molecule is CC1CCCCC1CCCCC(O)[Si](C)(c1ccccc1)c1ccccc1. The van der Waals surface area contributed by atoms with Crippen molar-refractivity contribution < 1.29 is 5.11 Å². The van der Waals surface area contributed by atoms with Gasteiger partial charge in [-0.1, -0.05) is 129 Å². The fourth-order valence-corrected chi connectivity index (χ4v) is 8.63. The van der Waals surface area contributed by atoms with Gasteiger partial charge in [-0.25, -0.2) is 0 Å². The fraction of sp³-hybridized carbons (Fsp3) is 0.520. The molecule has 1 N–H and O–H groups in total. The van der Waals surface area contributed by atoms with Crippen LogP contribution in [0.5, 0.6) is 0 Å². The number of aliphatic hydroxyl groups excluding tert-OH is 1. The molecule has 0 amide bonds.